The minimum atomic E-state index is -0.339. The lowest BCUT2D eigenvalue weighted by Gasteiger charge is -2.25. The van der Waals surface area contributed by atoms with Crippen LogP contribution in [0, 0.1) is 0 Å². The van der Waals surface area contributed by atoms with Gasteiger partial charge in [0.05, 0.1) is 11.1 Å². The number of hydrogen-bond acceptors (Lipinski definition) is 6. The highest BCUT2D eigenvalue weighted by Gasteiger charge is 2.53. The molecule has 1 aliphatic heterocycles. The summed E-state index contributed by atoms with van der Waals surface area (Å²) in [7, 11) is 0. The quantitative estimate of drug-likeness (QED) is 0.436. The SMILES string of the molecule is CC(C)n1c(=O)c2cnc(Nc3ccc4c(c3)CNC(=O)C43CC3)nc2n1-c1ccnc(C(C)(C)C)c1. The van der Waals surface area contributed by atoms with Crippen LogP contribution in [0.1, 0.15) is 70.3 Å². The van der Waals surface area contributed by atoms with Crippen molar-refractivity contribution in [1.82, 2.24) is 29.6 Å². The fourth-order valence-electron chi connectivity index (χ4n) is 5.24. The van der Waals surface area contributed by atoms with Crippen LogP contribution in [-0.2, 0) is 22.2 Å². The molecule has 1 spiro atoms. The number of hydrogen-bond donors (Lipinski definition) is 2. The van der Waals surface area contributed by atoms with Crippen LogP contribution in [-0.4, -0.2) is 30.2 Å². The van der Waals surface area contributed by atoms with Crippen LogP contribution >= 0.6 is 0 Å². The van der Waals surface area contributed by atoms with E-state index in [1.807, 2.05) is 48.9 Å². The van der Waals surface area contributed by atoms with Crippen molar-refractivity contribution >= 4 is 28.6 Å². The summed E-state index contributed by atoms with van der Waals surface area (Å²) in [6.45, 7) is 10.8. The highest BCUT2D eigenvalue weighted by atomic mass is 16.2. The van der Waals surface area contributed by atoms with Crippen molar-refractivity contribution < 1.29 is 4.79 Å². The molecule has 4 heterocycles. The number of carbonyl (C=O) groups is 1. The Labute approximate surface area is 214 Å². The Morgan fingerprint density at radius 3 is 2.57 bits per heavy atom. The lowest BCUT2D eigenvalue weighted by Crippen LogP contribution is -2.39. The van der Waals surface area contributed by atoms with Crippen molar-refractivity contribution in [1.29, 1.82) is 0 Å². The maximum Gasteiger partial charge on any atom is 0.278 e. The van der Waals surface area contributed by atoms with Crippen LogP contribution in [0.25, 0.3) is 16.7 Å². The molecule has 0 radical (unpaired) electrons. The Kier molecular flexibility index (Phi) is 5.05. The van der Waals surface area contributed by atoms with Crippen LogP contribution in [0.15, 0.2) is 47.5 Å². The van der Waals surface area contributed by atoms with E-state index in [4.69, 9.17) is 4.98 Å². The molecule has 9 nitrogen and oxygen atoms in total. The predicted molar refractivity (Wildman–Crippen MR) is 142 cm³/mol. The molecule has 6 rings (SSSR count). The number of carbonyl (C=O) groups excluding carboxylic acids is 1. The molecule has 0 bridgehead atoms. The third kappa shape index (κ3) is 3.72. The van der Waals surface area contributed by atoms with Crippen LogP contribution < -0.4 is 16.2 Å². The Morgan fingerprint density at radius 2 is 1.86 bits per heavy atom. The monoisotopic (exact) mass is 497 g/mol. The summed E-state index contributed by atoms with van der Waals surface area (Å²) in [4.78, 5) is 39.5. The Bertz CT molecular complexity index is 1620. The first-order valence-electron chi connectivity index (χ1n) is 12.7. The van der Waals surface area contributed by atoms with Gasteiger partial charge >= 0.3 is 0 Å². The van der Waals surface area contributed by atoms with E-state index in [-0.39, 0.29) is 28.3 Å². The highest BCUT2D eigenvalue weighted by Crippen LogP contribution is 2.51. The number of nitrogens with zero attached hydrogens (tertiary/aromatic N) is 5. The van der Waals surface area contributed by atoms with Crippen molar-refractivity contribution in [3.8, 4) is 5.69 Å². The second kappa shape index (κ2) is 7.99. The molecule has 190 valence electrons. The highest BCUT2D eigenvalue weighted by molar-refractivity contribution is 5.93. The van der Waals surface area contributed by atoms with Crippen molar-refractivity contribution in [2.45, 2.75) is 70.9 Å². The summed E-state index contributed by atoms with van der Waals surface area (Å²) in [6.07, 6.45) is 5.16. The van der Waals surface area contributed by atoms with Crippen molar-refractivity contribution in [3.63, 3.8) is 0 Å². The van der Waals surface area contributed by atoms with E-state index >= 15 is 0 Å². The van der Waals surface area contributed by atoms with Crippen LogP contribution in [0.2, 0.25) is 0 Å². The molecule has 2 aliphatic rings. The summed E-state index contributed by atoms with van der Waals surface area (Å²) in [5, 5.41) is 6.78. The number of nitrogens with one attached hydrogen (secondary N) is 2. The van der Waals surface area contributed by atoms with Gasteiger partial charge < -0.3 is 10.6 Å². The third-order valence-corrected chi connectivity index (χ3v) is 7.37. The molecule has 3 aromatic heterocycles. The van der Waals surface area contributed by atoms with E-state index < -0.39 is 0 Å². The van der Waals surface area contributed by atoms with Crippen molar-refractivity contribution in [3.05, 3.63) is 69.9 Å². The van der Waals surface area contributed by atoms with E-state index in [1.165, 1.54) is 0 Å². The molecule has 4 aromatic rings. The van der Waals surface area contributed by atoms with Crippen LogP contribution in [0.3, 0.4) is 0 Å². The fourth-order valence-corrected chi connectivity index (χ4v) is 5.24. The van der Waals surface area contributed by atoms with E-state index in [2.05, 4.69) is 41.4 Å². The van der Waals surface area contributed by atoms with Gasteiger partial charge in [-0.1, -0.05) is 26.8 Å². The fraction of sp³-hybridized carbons (Fsp3) is 0.393. The average Bonchev–Trinajstić information content (AvgIpc) is 3.60. The second-order valence-electron chi connectivity index (χ2n) is 11.4. The summed E-state index contributed by atoms with van der Waals surface area (Å²) in [6, 6.07) is 9.88. The van der Waals surface area contributed by atoms with Crippen molar-refractivity contribution in [2.24, 2.45) is 0 Å². The maximum absolute atomic E-state index is 13.4. The lowest BCUT2D eigenvalue weighted by molar-refractivity contribution is -0.124. The smallest absolute Gasteiger partial charge is 0.278 e. The summed E-state index contributed by atoms with van der Waals surface area (Å²) < 4.78 is 3.58. The van der Waals surface area contributed by atoms with E-state index in [9.17, 15) is 9.59 Å². The Morgan fingerprint density at radius 1 is 1.08 bits per heavy atom. The molecule has 0 saturated heterocycles. The van der Waals surface area contributed by atoms with E-state index in [1.54, 1.807) is 17.1 Å². The first-order valence-corrected chi connectivity index (χ1v) is 12.7. The summed E-state index contributed by atoms with van der Waals surface area (Å²) >= 11 is 0. The number of benzene rings is 1. The predicted octanol–water partition coefficient (Wildman–Crippen LogP) is 4.26. The summed E-state index contributed by atoms with van der Waals surface area (Å²) in [5.74, 6) is 0.529. The number of anilines is 2. The molecular weight excluding hydrogens is 466 g/mol. The average molecular weight is 498 g/mol. The van der Waals surface area contributed by atoms with E-state index in [0.29, 0.717) is 23.5 Å². The zero-order valence-electron chi connectivity index (χ0n) is 21.8. The molecule has 1 fully saturated rings. The third-order valence-electron chi connectivity index (χ3n) is 7.37. The molecule has 2 N–H and O–H groups in total. The second-order valence-corrected chi connectivity index (χ2v) is 11.4. The molecule has 1 aliphatic carbocycles. The zero-order valence-corrected chi connectivity index (χ0v) is 21.8. The Balaban J connectivity index is 1.44. The molecule has 37 heavy (non-hydrogen) atoms. The van der Waals surface area contributed by atoms with Gasteiger partial charge in [0.25, 0.3) is 5.56 Å². The zero-order chi connectivity index (χ0) is 26.1. The number of amides is 1. The first kappa shape index (κ1) is 23.4. The first-order chi connectivity index (χ1) is 17.6. The molecule has 1 aromatic carbocycles. The maximum atomic E-state index is 13.4. The minimum Gasteiger partial charge on any atom is -0.351 e. The van der Waals surface area contributed by atoms with Gasteiger partial charge in [-0.15, -0.1) is 0 Å². The normalized spacial score (nSPS) is 16.2. The topological polar surface area (TPSA) is 107 Å². The number of fused-ring (bicyclic) bond motifs is 3. The molecule has 0 unspecified atom stereocenters. The van der Waals surface area contributed by atoms with Gasteiger partial charge in [-0.05, 0) is 62.1 Å². The summed E-state index contributed by atoms with van der Waals surface area (Å²) in [5.41, 5.74) is 4.73. The van der Waals surface area contributed by atoms with Gasteiger partial charge in [0.1, 0.15) is 5.39 Å². The molecule has 0 atom stereocenters. The molecule has 9 heteroatoms. The molecule has 1 amide bonds. The number of rotatable bonds is 4. The largest absolute Gasteiger partial charge is 0.351 e. The minimum absolute atomic E-state index is 0.0880. The van der Waals surface area contributed by atoms with Crippen molar-refractivity contribution in [2.75, 3.05) is 5.32 Å². The standard InChI is InChI=1S/C28H31N7O2/c1-16(2)34-24(36)20-15-31-26(33-23(20)35(34)19-8-11-29-22(13-19)27(3,4)5)32-18-6-7-21-17(12-18)14-30-25(37)28(21)9-10-28/h6-8,11-13,15-16H,9-10,14H2,1-5H3,(H,30,37)(H,31,32,33). The van der Waals surface area contributed by atoms with Gasteiger partial charge in [0.2, 0.25) is 11.9 Å². The van der Waals surface area contributed by atoms with Gasteiger partial charge in [-0.3, -0.25) is 14.6 Å². The van der Waals surface area contributed by atoms with Crippen LogP contribution in [0.5, 0.6) is 0 Å². The van der Waals surface area contributed by atoms with Gasteiger partial charge in [0.15, 0.2) is 5.65 Å². The van der Waals surface area contributed by atoms with Gasteiger partial charge in [-0.2, -0.15) is 4.98 Å². The van der Waals surface area contributed by atoms with Crippen LogP contribution in [0.4, 0.5) is 11.6 Å². The molecule has 1 saturated carbocycles. The lowest BCUT2D eigenvalue weighted by atomic mass is 9.87. The molecular formula is C28H31N7O2. The number of aromatic nitrogens is 5. The Hall–Kier alpha value is -4.01. The van der Waals surface area contributed by atoms with E-state index in [0.717, 1.165) is 41.0 Å². The van der Waals surface area contributed by atoms with Gasteiger partial charge in [0, 0.05) is 41.8 Å². The number of pyridine rings is 1. The van der Waals surface area contributed by atoms with Gasteiger partial charge in [-0.25, -0.2) is 14.3 Å².